The van der Waals surface area contributed by atoms with Gasteiger partial charge in [0.1, 0.15) is 5.41 Å². The number of hydrogen-bond donors (Lipinski definition) is 1. The molecule has 0 unspecified atom stereocenters. The average molecular weight is 228 g/mol. The summed E-state index contributed by atoms with van der Waals surface area (Å²) in [5.41, 5.74) is -0.631. The number of hydrogen-bond acceptors (Lipinski definition) is 4. The van der Waals surface area contributed by atoms with Gasteiger partial charge >= 0.3 is 5.97 Å². The Morgan fingerprint density at radius 2 is 1.81 bits per heavy atom. The molecule has 2 fully saturated rings. The Balaban J connectivity index is 1.84. The van der Waals surface area contributed by atoms with E-state index in [0.717, 1.165) is 32.7 Å². The summed E-state index contributed by atoms with van der Waals surface area (Å²) in [6, 6.07) is 0. The van der Waals surface area contributed by atoms with Crippen molar-refractivity contribution in [1.29, 1.82) is 0 Å². The van der Waals surface area contributed by atoms with Gasteiger partial charge in [0.2, 0.25) is 0 Å². The summed E-state index contributed by atoms with van der Waals surface area (Å²) in [7, 11) is 0. The van der Waals surface area contributed by atoms with E-state index in [2.05, 4.69) is 16.7 Å². The van der Waals surface area contributed by atoms with Crippen LogP contribution < -0.4 is 0 Å². The average Bonchev–Trinajstić information content (AvgIpc) is 2.24. The van der Waals surface area contributed by atoms with Gasteiger partial charge in [0.25, 0.3) is 0 Å². The molecule has 0 aromatic carbocycles. The highest BCUT2D eigenvalue weighted by molar-refractivity contribution is 5.76. The Morgan fingerprint density at radius 3 is 2.19 bits per heavy atom. The highest BCUT2D eigenvalue weighted by atomic mass is 16.5. The zero-order valence-corrected chi connectivity index (χ0v) is 9.81. The van der Waals surface area contributed by atoms with Gasteiger partial charge < -0.3 is 14.7 Å². The molecule has 0 atom stereocenters. The molecular formula is C11H20N2O3. The van der Waals surface area contributed by atoms with Crippen LogP contribution in [-0.2, 0) is 9.53 Å². The Hall–Kier alpha value is -0.650. The first-order valence-electron chi connectivity index (χ1n) is 5.92. The molecule has 2 rings (SSSR count). The molecule has 0 amide bonds. The van der Waals surface area contributed by atoms with E-state index >= 15 is 0 Å². The minimum Gasteiger partial charge on any atom is -0.481 e. The van der Waals surface area contributed by atoms with E-state index in [1.54, 1.807) is 0 Å². The molecule has 0 aliphatic carbocycles. The molecule has 2 saturated heterocycles. The summed E-state index contributed by atoms with van der Waals surface area (Å²) < 4.78 is 5.07. The maximum atomic E-state index is 11.2. The van der Waals surface area contributed by atoms with Crippen molar-refractivity contribution in [3.63, 3.8) is 0 Å². The van der Waals surface area contributed by atoms with Gasteiger partial charge in [0, 0.05) is 32.7 Å². The van der Waals surface area contributed by atoms with Gasteiger partial charge in [-0.3, -0.25) is 9.69 Å². The number of carbonyl (C=O) groups is 1. The number of carboxylic acid groups (broad SMARTS) is 1. The molecule has 92 valence electrons. The number of carboxylic acids is 1. The standard InChI is InChI=1S/C11H20N2O3/c1-2-12-3-5-13(6-4-12)7-11(10(14)15)8-16-9-11/h2-9H2,1H3,(H,14,15). The lowest BCUT2D eigenvalue weighted by atomic mass is 9.85. The molecule has 1 N–H and O–H groups in total. The lowest BCUT2D eigenvalue weighted by Crippen LogP contribution is -2.58. The van der Waals surface area contributed by atoms with E-state index in [1.807, 2.05) is 0 Å². The van der Waals surface area contributed by atoms with Crippen LogP contribution in [0, 0.1) is 5.41 Å². The molecule has 0 aromatic heterocycles. The summed E-state index contributed by atoms with van der Waals surface area (Å²) >= 11 is 0. The summed E-state index contributed by atoms with van der Waals surface area (Å²) in [5.74, 6) is -0.711. The third-order valence-electron chi connectivity index (χ3n) is 3.65. The van der Waals surface area contributed by atoms with Crippen molar-refractivity contribution in [2.75, 3.05) is 52.5 Å². The molecule has 0 radical (unpaired) electrons. The maximum absolute atomic E-state index is 11.2. The zero-order valence-electron chi connectivity index (χ0n) is 9.81. The van der Waals surface area contributed by atoms with Crippen LogP contribution in [0.3, 0.4) is 0 Å². The third kappa shape index (κ3) is 2.21. The van der Waals surface area contributed by atoms with Crippen LogP contribution >= 0.6 is 0 Å². The quantitative estimate of drug-likeness (QED) is 0.717. The van der Waals surface area contributed by atoms with Crippen molar-refractivity contribution < 1.29 is 14.6 Å². The zero-order chi connectivity index (χ0) is 11.6. The maximum Gasteiger partial charge on any atom is 0.315 e. The third-order valence-corrected chi connectivity index (χ3v) is 3.65. The summed E-state index contributed by atoms with van der Waals surface area (Å²) in [5, 5.41) is 9.20. The lowest BCUT2D eigenvalue weighted by Gasteiger charge is -2.43. The highest BCUT2D eigenvalue weighted by Crippen LogP contribution is 2.29. The first kappa shape index (κ1) is 11.8. The molecule has 0 spiro atoms. The van der Waals surface area contributed by atoms with Crippen LogP contribution in [-0.4, -0.2) is 73.4 Å². The topological polar surface area (TPSA) is 53.0 Å². The molecule has 0 aromatic rings. The molecule has 16 heavy (non-hydrogen) atoms. The highest BCUT2D eigenvalue weighted by Gasteiger charge is 2.47. The number of ether oxygens (including phenoxy) is 1. The predicted octanol–water partition coefficient (Wildman–Crippen LogP) is -0.275. The largest absolute Gasteiger partial charge is 0.481 e. The van der Waals surface area contributed by atoms with Crippen LogP contribution in [0.5, 0.6) is 0 Å². The van der Waals surface area contributed by atoms with E-state index < -0.39 is 11.4 Å². The molecular weight excluding hydrogens is 208 g/mol. The number of rotatable bonds is 4. The second kappa shape index (κ2) is 4.69. The summed E-state index contributed by atoms with van der Waals surface area (Å²) in [4.78, 5) is 15.8. The fourth-order valence-electron chi connectivity index (χ4n) is 2.32. The van der Waals surface area contributed by atoms with Gasteiger partial charge in [-0.05, 0) is 6.54 Å². The fourth-order valence-corrected chi connectivity index (χ4v) is 2.32. The van der Waals surface area contributed by atoms with E-state index in [1.165, 1.54) is 0 Å². The van der Waals surface area contributed by atoms with Gasteiger partial charge in [-0.1, -0.05) is 6.92 Å². The second-order valence-electron chi connectivity index (χ2n) is 4.79. The van der Waals surface area contributed by atoms with Crippen LogP contribution in [0.15, 0.2) is 0 Å². The second-order valence-corrected chi connectivity index (χ2v) is 4.79. The van der Waals surface area contributed by atoms with E-state index in [4.69, 9.17) is 4.74 Å². The normalized spacial score (nSPS) is 26.3. The van der Waals surface area contributed by atoms with Crippen molar-refractivity contribution in [2.45, 2.75) is 6.92 Å². The van der Waals surface area contributed by atoms with E-state index in [0.29, 0.717) is 19.8 Å². The van der Waals surface area contributed by atoms with Crippen molar-refractivity contribution >= 4 is 5.97 Å². The minimum atomic E-state index is -0.711. The molecule has 0 bridgehead atoms. The molecule has 2 heterocycles. The van der Waals surface area contributed by atoms with Gasteiger partial charge in [0.15, 0.2) is 0 Å². The predicted molar refractivity (Wildman–Crippen MR) is 59.4 cm³/mol. The number of likely N-dealkylation sites (N-methyl/N-ethyl adjacent to an activating group) is 1. The van der Waals surface area contributed by atoms with E-state index in [-0.39, 0.29) is 0 Å². The van der Waals surface area contributed by atoms with Crippen LogP contribution in [0.1, 0.15) is 6.92 Å². The SMILES string of the molecule is CCN1CCN(CC2(C(=O)O)COC2)CC1. The number of nitrogens with zero attached hydrogens (tertiary/aromatic N) is 2. The van der Waals surface area contributed by atoms with Gasteiger partial charge in [0.05, 0.1) is 13.2 Å². The molecule has 5 heteroatoms. The smallest absolute Gasteiger partial charge is 0.315 e. The fraction of sp³-hybridized carbons (Fsp3) is 0.909. The van der Waals surface area contributed by atoms with E-state index in [9.17, 15) is 9.90 Å². The minimum absolute atomic E-state index is 0.371. The van der Waals surface area contributed by atoms with Crippen molar-refractivity contribution in [3.8, 4) is 0 Å². The van der Waals surface area contributed by atoms with Crippen molar-refractivity contribution in [2.24, 2.45) is 5.41 Å². The first-order chi connectivity index (χ1) is 7.66. The van der Waals surface area contributed by atoms with Gasteiger partial charge in [-0.15, -0.1) is 0 Å². The van der Waals surface area contributed by atoms with Gasteiger partial charge in [-0.25, -0.2) is 0 Å². The Kier molecular flexibility index (Phi) is 3.47. The molecule has 0 saturated carbocycles. The van der Waals surface area contributed by atoms with Gasteiger partial charge in [-0.2, -0.15) is 0 Å². The molecule has 2 aliphatic heterocycles. The Labute approximate surface area is 96.0 Å². The summed E-state index contributed by atoms with van der Waals surface area (Å²) in [6.45, 7) is 8.67. The number of aliphatic carboxylic acids is 1. The van der Waals surface area contributed by atoms with Crippen LogP contribution in [0.2, 0.25) is 0 Å². The monoisotopic (exact) mass is 228 g/mol. The van der Waals surface area contributed by atoms with Crippen LogP contribution in [0.4, 0.5) is 0 Å². The molecule has 2 aliphatic rings. The van der Waals surface area contributed by atoms with Crippen molar-refractivity contribution in [3.05, 3.63) is 0 Å². The number of piperazine rings is 1. The first-order valence-corrected chi connectivity index (χ1v) is 5.92. The Bertz CT molecular complexity index is 258. The lowest BCUT2D eigenvalue weighted by molar-refractivity contribution is -0.184. The van der Waals surface area contributed by atoms with Crippen molar-refractivity contribution in [1.82, 2.24) is 9.80 Å². The van der Waals surface area contributed by atoms with Crippen LogP contribution in [0.25, 0.3) is 0 Å². The Morgan fingerprint density at radius 1 is 1.25 bits per heavy atom. The molecule has 5 nitrogen and oxygen atoms in total. The summed E-state index contributed by atoms with van der Waals surface area (Å²) in [6.07, 6.45) is 0.